The van der Waals surface area contributed by atoms with Crippen LogP contribution in [0.15, 0.2) is 17.5 Å². The van der Waals surface area contributed by atoms with Crippen LogP contribution in [0.4, 0.5) is 0 Å². The van der Waals surface area contributed by atoms with Crippen LogP contribution >= 0.6 is 23.6 Å². The van der Waals surface area contributed by atoms with E-state index >= 15 is 0 Å². The topological polar surface area (TPSA) is 9.23 Å². The Morgan fingerprint density at radius 3 is 3.00 bits per heavy atom. The fourth-order valence-corrected chi connectivity index (χ4v) is 2.27. The summed E-state index contributed by atoms with van der Waals surface area (Å²) >= 11 is 6.87. The molecule has 78 valence electrons. The number of aryl methyl sites for hydroxylation is 1. The van der Waals surface area contributed by atoms with Crippen molar-refractivity contribution in [3.05, 3.63) is 22.4 Å². The highest BCUT2D eigenvalue weighted by Crippen LogP contribution is 2.12. The zero-order valence-electron chi connectivity index (χ0n) is 8.49. The highest BCUT2D eigenvalue weighted by Gasteiger charge is 1.98. The summed E-state index contributed by atoms with van der Waals surface area (Å²) in [6.07, 6.45) is 4.44. The summed E-state index contributed by atoms with van der Waals surface area (Å²) in [6, 6.07) is 4.29. The molecule has 0 aliphatic heterocycles. The predicted octanol–water partition coefficient (Wildman–Crippen LogP) is 3.82. The van der Waals surface area contributed by atoms with E-state index in [1.807, 2.05) is 18.3 Å². The second kappa shape index (κ2) is 6.96. The molecule has 0 spiro atoms. The maximum Gasteiger partial charge on any atom is 0.159 e. The quantitative estimate of drug-likeness (QED) is 0.540. The van der Waals surface area contributed by atoms with Crippen molar-refractivity contribution < 1.29 is 4.74 Å². The van der Waals surface area contributed by atoms with Gasteiger partial charge < -0.3 is 4.74 Å². The molecule has 1 heterocycles. The molecular formula is C11H16OS2. The lowest BCUT2D eigenvalue weighted by Gasteiger charge is -2.03. The second-order valence-electron chi connectivity index (χ2n) is 3.09. The Morgan fingerprint density at radius 2 is 2.36 bits per heavy atom. The SMILES string of the molecule is CCOC(=S)CCCCc1cccs1. The minimum absolute atomic E-state index is 0.698. The number of thiophene rings is 1. The molecule has 0 aliphatic carbocycles. The molecule has 0 bridgehead atoms. The molecule has 0 fully saturated rings. The van der Waals surface area contributed by atoms with Gasteiger partial charge in [0.05, 0.1) is 6.61 Å². The zero-order valence-corrected chi connectivity index (χ0v) is 10.1. The van der Waals surface area contributed by atoms with Crippen LogP contribution in [0.3, 0.4) is 0 Å². The molecule has 0 aliphatic rings. The Balaban J connectivity index is 2.02. The van der Waals surface area contributed by atoms with Crippen molar-refractivity contribution in [3.8, 4) is 0 Å². The van der Waals surface area contributed by atoms with E-state index in [0.29, 0.717) is 6.61 Å². The molecule has 0 saturated heterocycles. The van der Waals surface area contributed by atoms with E-state index in [0.717, 1.165) is 17.9 Å². The lowest BCUT2D eigenvalue weighted by Crippen LogP contribution is -2.00. The number of ether oxygens (including phenoxy) is 1. The van der Waals surface area contributed by atoms with Gasteiger partial charge in [-0.15, -0.1) is 11.3 Å². The molecule has 0 saturated carbocycles. The maximum absolute atomic E-state index is 5.21. The highest BCUT2D eigenvalue weighted by molar-refractivity contribution is 7.80. The number of hydrogen-bond acceptors (Lipinski definition) is 3. The fourth-order valence-electron chi connectivity index (χ4n) is 1.26. The van der Waals surface area contributed by atoms with Crippen molar-refractivity contribution in [3.63, 3.8) is 0 Å². The third-order valence-electron chi connectivity index (χ3n) is 1.94. The van der Waals surface area contributed by atoms with Gasteiger partial charge >= 0.3 is 0 Å². The van der Waals surface area contributed by atoms with Crippen LogP contribution in [-0.4, -0.2) is 11.7 Å². The van der Waals surface area contributed by atoms with Crippen LogP contribution in [0.5, 0.6) is 0 Å². The standard InChI is InChI=1S/C11H16OS2/c1-2-12-11(13)8-4-3-6-10-7-5-9-14-10/h5,7,9H,2-4,6,8H2,1H3. The van der Waals surface area contributed by atoms with Gasteiger partial charge in [-0.05, 0) is 49.9 Å². The third kappa shape index (κ3) is 4.72. The smallest absolute Gasteiger partial charge is 0.159 e. The number of rotatable bonds is 6. The van der Waals surface area contributed by atoms with E-state index in [-0.39, 0.29) is 0 Å². The average Bonchev–Trinajstić information content (AvgIpc) is 2.65. The van der Waals surface area contributed by atoms with Gasteiger partial charge in [0.1, 0.15) is 0 Å². The average molecular weight is 228 g/mol. The molecule has 0 radical (unpaired) electrons. The monoisotopic (exact) mass is 228 g/mol. The number of unbranched alkanes of at least 4 members (excludes halogenated alkanes) is 1. The minimum atomic E-state index is 0.698. The normalized spacial score (nSPS) is 10.1. The molecule has 1 aromatic rings. The highest BCUT2D eigenvalue weighted by atomic mass is 32.1. The van der Waals surface area contributed by atoms with E-state index in [9.17, 15) is 0 Å². The van der Waals surface area contributed by atoms with Crippen LogP contribution in [0.2, 0.25) is 0 Å². The Bertz CT molecular complexity index is 254. The first kappa shape index (κ1) is 11.7. The van der Waals surface area contributed by atoms with Gasteiger partial charge in [-0.25, -0.2) is 0 Å². The van der Waals surface area contributed by atoms with E-state index in [2.05, 4.69) is 17.5 Å². The van der Waals surface area contributed by atoms with Crippen molar-refractivity contribution in [2.45, 2.75) is 32.6 Å². The summed E-state index contributed by atoms with van der Waals surface area (Å²) in [5.41, 5.74) is 0. The predicted molar refractivity (Wildman–Crippen MR) is 66.1 cm³/mol. The zero-order chi connectivity index (χ0) is 10.2. The van der Waals surface area contributed by atoms with Crippen LogP contribution in [-0.2, 0) is 11.2 Å². The molecule has 1 nitrogen and oxygen atoms in total. The minimum Gasteiger partial charge on any atom is -0.487 e. The summed E-state index contributed by atoms with van der Waals surface area (Å²) in [5, 5.41) is 2.89. The van der Waals surface area contributed by atoms with Crippen LogP contribution in [0.25, 0.3) is 0 Å². The van der Waals surface area contributed by atoms with E-state index in [1.54, 1.807) is 0 Å². The van der Waals surface area contributed by atoms with Crippen molar-refractivity contribution in [2.75, 3.05) is 6.61 Å². The van der Waals surface area contributed by atoms with Crippen molar-refractivity contribution in [2.24, 2.45) is 0 Å². The lowest BCUT2D eigenvalue weighted by atomic mass is 10.2. The fraction of sp³-hybridized carbons (Fsp3) is 0.545. The Hall–Kier alpha value is -0.410. The summed E-state index contributed by atoms with van der Waals surface area (Å²) < 4.78 is 5.21. The Labute approximate surface area is 95.1 Å². The first-order chi connectivity index (χ1) is 6.83. The molecule has 0 atom stereocenters. The largest absolute Gasteiger partial charge is 0.487 e. The number of thiocarbonyl (C=S) groups is 1. The van der Waals surface area contributed by atoms with Gasteiger partial charge in [-0.2, -0.15) is 0 Å². The van der Waals surface area contributed by atoms with Gasteiger partial charge in [-0.1, -0.05) is 6.07 Å². The summed E-state index contributed by atoms with van der Waals surface area (Å²) in [4.78, 5) is 1.47. The summed E-state index contributed by atoms with van der Waals surface area (Å²) in [6.45, 7) is 2.67. The first-order valence-electron chi connectivity index (χ1n) is 5.01. The van der Waals surface area contributed by atoms with Crippen LogP contribution < -0.4 is 0 Å². The van der Waals surface area contributed by atoms with Crippen molar-refractivity contribution in [1.82, 2.24) is 0 Å². The van der Waals surface area contributed by atoms with Crippen LogP contribution in [0.1, 0.15) is 31.1 Å². The molecule has 14 heavy (non-hydrogen) atoms. The van der Waals surface area contributed by atoms with Gasteiger partial charge in [0.25, 0.3) is 0 Å². The lowest BCUT2D eigenvalue weighted by molar-refractivity contribution is 0.325. The van der Waals surface area contributed by atoms with E-state index in [4.69, 9.17) is 17.0 Å². The first-order valence-corrected chi connectivity index (χ1v) is 6.29. The van der Waals surface area contributed by atoms with Crippen molar-refractivity contribution >= 4 is 28.6 Å². The molecule has 3 heteroatoms. The van der Waals surface area contributed by atoms with Gasteiger partial charge in [0, 0.05) is 11.3 Å². The molecule has 0 N–H and O–H groups in total. The maximum atomic E-state index is 5.21. The third-order valence-corrected chi connectivity index (χ3v) is 3.20. The molecule has 1 rings (SSSR count). The summed E-state index contributed by atoms with van der Waals surface area (Å²) in [7, 11) is 0. The molecule has 0 amide bonds. The number of hydrogen-bond donors (Lipinski definition) is 0. The summed E-state index contributed by atoms with van der Waals surface area (Å²) in [5.74, 6) is 0. The van der Waals surface area contributed by atoms with Gasteiger partial charge in [0.15, 0.2) is 5.05 Å². The molecule has 0 unspecified atom stereocenters. The Morgan fingerprint density at radius 1 is 1.50 bits per heavy atom. The van der Waals surface area contributed by atoms with Crippen LogP contribution in [0, 0.1) is 0 Å². The van der Waals surface area contributed by atoms with Gasteiger partial charge in [0.2, 0.25) is 0 Å². The Kier molecular flexibility index (Phi) is 5.80. The second-order valence-corrected chi connectivity index (χ2v) is 4.58. The van der Waals surface area contributed by atoms with E-state index in [1.165, 1.54) is 17.7 Å². The van der Waals surface area contributed by atoms with E-state index < -0.39 is 0 Å². The van der Waals surface area contributed by atoms with Crippen molar-refractivity contribution in [1.29, 1.82) is 0 Å². The van der Waals surface area contributed by atoms with Gasteiger partial charge in [-0.3, -0.25) is 0 Å². The molecule has 1 aromatic heterocycles. The molecular weight excluding hydrogens is 212 g/mol. The molecule has 0 aromatic carbocycles.